The van der Waals surface area contributed by atoms with Crippen molar-refractivity contribution < 1.29 is 9.90 Å². The highest BCUT2D eigenvalue weighted by atomic mass is 35.5. The van der Waals surface area contributed by atoms with Crippen LogP contribution in [0, 0.1) is 6.92 Å². The molecular formula is C10H13ClN2O2. The molecule has 0 bridgehead atoms. The number of nitrogens with zero attached hydrogens (tertiary/aromatic N) is 2. The second kappa shape index (κ2) is 3.85. The molecule has 82 valence electrons. The number of rotatable bonds is 2. The van der Waals surface area contributed by atoms with E-state index in [1.165, 1.54) is 0 Å². The molecule has 4 nitrogen and oxygen atoms in total. The minimum absolute atomic E-state index is 0.0278. The van der Waals surface area contributed by atoms with E-state index < -0.39 is 5.97 Å². The van der Waals surface area contributed by atoms with Gasteiger partial charge in [0.2, 0.25) is 5.28 Å². The summed E-state index contributed by atoms with van der Waals surface area (Å²) in [4.78, 5) is 14.9. The van der Waals surface area contributed by atoms with Crippen LogP contribution in [0.1, 0.15) is 36.7 Å². The Morgan fingerprint density at radius 3 is 3.13 bits per heavy atom. The molecular weight excluding hydrogens is 216 g/mol. The highest BCUT2D eigenvalue weighted by molar-refractivity contribution is 6.28. The Labute approximate surface area is 92.9 Å². The average molecular weight is 229 g/mol. The van der Waals surface area contributed by atoms with E-state index >= 15 is 0 Å². The molecule has 2 rings (SSSR count). The molecule has 0 amide bonds. The van der Waals surface area contributed by atoms with Gasteiger partial charge in [0.25, 0.3) is 0 Å². The standard InChI is InChI=1S/C10H13ClN2O2/c1-6-8-4-2-3-7(5-9(14)15)13(8)10(11)12-6/h7H,2-5H2,1H3,(H,14,15). The predicted octanol–water partition coefficient (Wildman–Crippen LogP) is 2.20. The van der Waals surface area contributed by atoms with E-state index in [9.17, 15) is 4.79 Å². The second-order valence-corrected chi connectivity index (χ2v) is 4.26. The molecule has 0 aliphatic carbocycles. The average Bonchev–Trinajstić information content (AvgIpc) is 2.43. The van der Waals surface area contributed by atoms with Gasteiger partial charge in [-0.3, -0.25) is 4.79 Å². The van der Waals surface area contributed by atoms with Gasteiger partial charge in [0.1, 0.15) is 0 Å². The lowest BCUT2D eigenvalue weighted by atomic mass is 9.99. The summed E-state index contributed by atoms with van der Waals surface area (Å²) in [5, 5.41) is 9.24. The SMILES string of the molecule is Cc1nc(Cl)n2c1CCCC2CC(=O)O. The van der Waals surface area contributed by atoms with E-state index in [1.807, 2.05) is 11.5 Å². The van der Waals surface area contributed by atoms with Gasteiger partial charge in [-0.25, -0.2) is 4.98 Å². The van der Waals surface area contributed by atoms with Crippen LogP contribution in [0.4, 0.5) is 0 Å². The van der Waals surface area contributed by atoms with Gasteiger partial charge in [-0.15, -0.1) is 0 Å². The first-order valence-corrected chi connectivity index (χ1v) is 5.42. The van der Waals surface area contributed by atoms with E-state index in [-0.39, 0.29) is 12.5 Å². The zero-order valence-electron chi connectivity index (χ0n) is 8.53. The molecule has 1 aromatic heterocycles. The Hall–Kier alpha value is -1.03. The number of fused-ring (bicyclic) bond motifs is 1. The molecule has 5 heteroatoms. The van der Waals surface area contributed by atoms with Crippen LogP contribution in [0.5, 0.6) is 0 Å². The largest absolute Gasteiger partial charge is 0.481 e. The smallest absolute Gasteiger partial charge is 0.305 e. The number of hydrogen-bond donors (Lipinski definition) is 1. The van der Waals surface area contributed by atoms with Gasteiger partial charge in [-0.05, 0) is 37.8 Å². The van der Waals surface area contributed by atoms with E-state index in [2.05, 4.69) is 4.98 Å². The van der Waals surface area contributed by atoms with Crippen molar-refractivity contribution in [2.75, 3.05) is 0 Å². The van der Waals surface area contributed by atoms with Gasteiger partial charge in [0.15, 0.2) is 0 Å². The summed E-state index contributed by atoms with van der Waals surface area (Å²) in [6.07, 6.45) is 2.96. The Bertz CT molecular complexity index is 400. The Kier molecular flexibility index (Phi) is 2.69. The van der Waals surface area contributed by atoms with E-state index in [0.29, 0.717) is 5.28 Å². The molecule has 0 radical (unpaired) electrons. The molecule has 1 aromatic rings. The normalized spacial score (nSPS) is 20.0. The highest BCUT2D eigenvalue weighted by Gasteiger charge is 2.26. The second-order valence-electron chi connectivity index (χ2n) is 3.93. The van der Waals surface area contributed by atoms with Crippen LogP contribution >= 0.6 is 11.6 Å². The maximum atomic E-state index is 10.7. The van der Waals surface area contributed by atoms with Crippen LogP contribution in [0.15, 0.2) is 0 Å². The molecule has 0 saturated carbocycles. The van der Waals surface area contributed by atoms with Crippen molar-refractivity contribution >= 4 is 17.6 Å². The fourth-order valence-corrected chi connectivity index (χ4v) is 2.61. The minimum Gasteiger partial charge on any atom is -0.481 e. The lowest BCUT2D eigenvalue weighted by molar-refractivity contribution is -0.138. The third kappa shape index (κ3) is 1.86. The zero-order chi connectivity index (χ0) is 11.0. The van der Waals surface area contributed by atoms with E-state index in [4.69, 9.17) is 16.7 Å². The minimum atomic E-state index is -0.782. The van der Waals surface area contributed by atoms with Crippen LogP contribution in [0.3, 0.4) is 0 Å². The van der Waals surface area contributed by atoms with E-state index in [0.717, 1.165) is 30.7 Å². The summed E-state index contributed by atoms with van der Waals surface area (Å²) < 4.78 is 1.88. The van der Waals surface area contributed by atoms with Gasteiger partial charge in [-0.1, -0.05) is 0 Å². The fraction of sp³-hybridized carbons (Fsp3) is 0.600. The van der Waals surface area contributed by atoms with Crippen molar-refractivity contribution in [1.82, 2.24) is 9.55 Å². The number of carbonyl (C=O) groups is 1. The number of carboxylic acid groups (broad SMARTS) is 1. The number of aromatic nitrogens is 2. The maximum Gasteiger partial charge on any atom is 0.305 e. The van der Waals surface area contributed by atoms with Crippen molar-refractivity contribution in [3.8, 4) is 0 Å². The van der Waals surface area contributed by atoms with Crippen molar-refractivity contribution in [3.05, 3.63) is 16.7 Å². The highest BCUT2D eigenvalue weighted by Crippen LogP contribution is 2.32. The first-order chi connectivity index (χ1) is 7.09. The number of aryl methyl sites for hydroxylation is 1. The number of imidazole rings is 1. The van der Waals surface area contributed by atoms with Crippen LogP contribution in [-0.2, 0) is 11.2 Å². The summed E-state index contributed by atoms with van der Waals surface area (Å²) in [6.45, 7) is 1.92. The zero-order valence-corrected chi connectivity index (χ0v) is 9.29. The number of halogens is 1. The van der Waals surface area contributed by atoms with Crippen LogP contribution < -0.4 is 0 Å². The van der Waals surface area contributed by atoms with Crippen molar-refractivity contribution in [1.29, 1.82) is 0 Å². The summed E-state index contributed by atoms with van der Waals surface area (Å²) >= 11 is 6.00. The quantitative estimate of drug-likeness (QED) is 0.844. The van der Waals surface area contributed by atoms with Crippen molar-refractivity contribution in [3.63, 3.8) is 0 Å². The Morgan fingerprint density at radius 1 is 1.73 bits per heavy atom. The van der Waals surface area contributed by atoms with Gasteiger partial charge < -0.3 is 9.67 Å². The topological polar surface area (TPSA) is 55.1 Å². The first-order valence-electron chi connectivity index (χ1n) is 5.04. The molecule has 0 spiro atoms. The molecule has 1 aliphatic heterocycles. The molecule has 1 N–H and O–H groups in total. The van der Waals surface area contributed by atoms with Gasteiger partial charge in [0.05, 0.1) is 12.1 Å². The number of aliphatic carboxylic acids is 1. The van der Waals surface area contributed by atoms with Gasteiger partial charge in [0, 0.05) is 11.7 Å². The first kappa shape index (κ1) is 10.5. The van der Waals surface area contributed by atoms with Crippen molar-refractivity contribution in [2.45, 2.75) is 38.6 Å². The molecule has 1 atom stereocenters. The molecule has 2 heterocycles. The molecule has 1 aliphatic rings. The van der Waals surface area contributed by atoms with Gasteiger partial charge in [-0.2, -0.15) is 0 Å². The molecule has 1 unspecified atom stereocenters. The van der Waals surface area contributed by atoms with Crippen LogP contribution in [0.25, 0.3) is 0 Å². The lowest BCUT2D eigenvalue weighted by Gasteiger charge is -2.25. The van der Waals surface area contributed by atoms with Crippen LogP contribution in [0.2, 0.25) is 5.28 Å². The number of carboxylic acids is 1. The Morgan fingerprint density at radius 2 is 2.47 bits per heavy atom. The molecule has 0 aromatic carbocycles. The molecule has 0 fully saturated rings. The maximum absolute atomic E-state index is 10.7. The van der Waals surface area contributed by atoms with E-state index in [1.54, 1.807) is 0 Å². The van der Waals surface area contributed by atoms with Gasteiger partial charge >= 0.3 is 5.97 Å². The summed E-state index contributed by atoms with van der Waals surface area (Å²) in [7, 11) is 0. The fourth-order valence-electron chi connectivity index (χ4n) is 2.24. The Balaban J connectivity index is 2.37. The summed E-state index contributed by atoms with van der Waals surface area (Å²) in [6, 6.07) is -0.0278. The summed E-state index contributed by atoms with van der Waals surface area (Å²) in [5.74, 6) is -0.782. The summed E-state index contributed by atoms with van der Waals surface area (Å²) in [5.41, 5.74) is 2.02. The molecule has 15 heavy (non-hydrogen) atoms. The third-order valence-electron chi connectivity index (χ3n) is 2.89. The lowest BCUT2D eigenvalue weighted by Crippen LogP contribution is -2.20. The predicted molar refractivity (Wildman–Crippen MR) is 56.2 cm³/mol. The monoisotopic (exact) mass is 228 g/mol. The number of hydrogen-bond acceptors (Lipinski definition) is 2. The van der Waals surface area contributed by atoms with Crippen molar-refractivity contribution in [2.24, 2.45) is 0 Å². The molecule has 0 saturated heterocycles. The third-order valence-corrected chi connectivity index (χ3v) is 3.16. The van der Waals surface area contributed by atoms with Crippen LogP contribution in [-0.4, -0.2) is 20.6 Å².